The Hall–Kier alpha value is -1.55. The van der Waals surface area contributed by atoms with Crippen molar-refractivity contribution < 1.29 is 14.6 Å². The Bertz CT molecular complexity index is 510. The van der Waals surface area contributed by atoms with Gasteiger partial charge >= 0.3 is 5.97 Å². The van der Waals surface area contributed by atoms with Crippen molar-refractivity contribution in [1.82, 2.24) is 4.90 Å². The highest BCUT2D eigenvalue weighted by Crippen LogP contribution is 2.40. The minimum Gasteiger partial charge on any atom is -0.497 e. The Kier molecular flexibility index (Phi) is 3.66. The Morgan fingerprint density at radius 3 is 2.85 bits per heavy atom. The number of ether oxygens (including phenoxy) is 1. The zero-order valence-electron chi connectivity index (χ0n) is 11.8. The molecular formula is C16H21NO3. The lowest BCUT2D eigenvalue weighted by Crippen LogP contribution is -2.34. The first kappa shape index (κ1) is 13.4. The van der Waals surface area contributed by atoms with Crippen molar-refractivity contribution in [2.75, 3.05) is 20.2 Å². The van der Waals surface area contributed by atoms with Crippen LogP contribution in [0.1, 0.15) is 36.4 Å². The number of nitrogens with zero attached hydrogens (tertiary/aromatic N) is 1. The van der Waals surface area contributed by atoms with Gasteiger partial charge in [-0.3, -0.25) is 9.69 Å². The van der Waals surface area contributed by atoms with Gasteiger partial charge in [0.25, 0.3) is 0 Å². The molecule has 1 aromatic carbocycles. The molecule has 0 bridgehead atoms. The molecule has 0 radical (unpaired) electrons. The van der Waals surface area contributed by atoms with Crippen LogP contribution in [-0.4, -0.2) is 36.2 Å². The normalized spacial score (nSPS) is 21.0. The maximum absolute atomic E-state index is 11.1. The van der Waals surface area contributed by atoms with Crippen LogP contribution in [0.25, 0.3) is 0 Å². The van der Waals surface area contributed by atoms with E-state index in [1.807, 2.05) is 6.07 Å². The molecule has 0 amide bonds. The Balaban J connectivity index is 1.83. The molecule has 4 nitrogen and oxygen atoms in total. The highest BCUT2D eigenvalue weighted by atomic mass is 16.5. The van der Waals surface area contributed by atoms with Gasteiger partial charge in [0.05, 0.1) is 13.7 Å². The average molecular weight is 275 g/mol. The van der Waals surface area contributed by atoms with Crippen LogP contribution in [0.15, 0.2) is 18.2 Å². The SMILES string of the molecule is COc1ccc2c(c1)C(N(CC(=O)O)CC1CC1)CC2. The van der Waals surface area contributed by atoms with Gasteiger partial charge in [-0.25, -0.2) is 0 Å². The van der Waals surface area contributed by atoms with E-state index in [1.165, 1.54) is 24.0 Å². The topological polar surface area (TPSA) is 49.8 Å². The molecule has 0 heterocycles. The molecule has 1 fully saturated rings. The van der Waals surface area contributed by atoms with E-state index in [1.54, 1.807) is 7.11 Å². The fourth-order valence-electron chi connectivity index (χ4n) is 3.17. The molecule has 1 N–H and O–H groups in total. The number of methoxy groups -OCH3 is 1. The number of carbonyl (C=O) groups is 1. The molecule has 0 spiro atoms. The number of fused-ring (bicyclic) bond motifs is 1. The number of carboxylic acids is 1. The van der Waals surface area contributed by atoms with Crippen molar-refractivity contribution in [3.63, 3.8) is 0 Å². The molecule has 3 rings (SSSR count). The number of aliphatic carboxylic acids is 1. The van der Waals surface area contributed by atoms with Gasteiger partial charge in [-0.05, 0) is 54.9 Å². The lowest BCUT2D eigenvalue weighted by Gasteiger charge is -2.28. The monoisotopic (exact) mass is 275 g/mol. The predicted molar refractivity (Wildman–Crippen MR) is 76.0 cm³/mol. The summed E-state index contributed by atoms with van der Waals surface area (Å²) in [6, 6.07) is 6.42. The number of rotatable bonds is 6. The zero-order chi connectivity index (χ0) is 14.1. The molecule has 1 aromatic rings. The number of carboxylic acid groups (broad SMARTS) is 1. The first-order valence-electron chi connectivity index (χ1n) is 7.30. The molecule has 2 aliphatic carbocycles. The van der Waals surface area contributed by atoms with Gasteiger partial charge in [0.2, 0.25) is 0 Å². The van der Waals surface area contributed by atoms with Gasteiger partial charge in [0.15, 0.2) is 0 Å². The summed E-state index contributed by atoms with van der Waals surface area (Å²) in [6.07, 6.45) is 4.54. The second kappa shape index (κ2) is 5.44. The number of hydrogen-bond acceptors (Lipinski definition) is 3. The van der Waals surface area contributed by atoms with Crippen LogP contribution in [0.5, 0.6) is 5.75 Å². The number of aryl methyl sites for hydroxylation is 1. The summed E-state index contributed by atoms with van der Waals surface area (Å²) in [5.41, 5.74) is 2.59. The van der Waals surface area contributed by atoms with Gasteiger partial charge in [0, 0.05) is 12.6 Å². The van der Waals surface area contributed by atoms with Crippen LogP contribution in [0, 0.1) is 5.92 Å². The molecule has 108 valence electrons. The Morgan fingerprint density at radius 1 is 1.40 bits per heavy atom. The van der Waals surface area contributed by atoms with Crippen LogP contribution in [0.2, 0.25) is 0 Å². The van der Waals surface area contributed by atoms with Crippen molar-refractivity contribution in [1.29, 1.82) is 0 Å². The highest BCUT2D eigenvalue weighted by Gasteiger charge is 2.33. The second-order valence-electron chi connectivity index (χ2n) is 5.89. The molecule has 1 saturated carbocycles. The van der Waals surface area contributed by atoms with E-state index in [0.717, 1.165) is 25.1 Å². The first-order valence-corrected chi connectivity index (χ1v) is 7.30. The summed E-state index contributed by atoms with van der Waals surface area (Å²) >= 11 is 0. The third kappa shape index (κ3) is 2.80. The predicted octanol–water partition coefficient (Wildman–Crippen LogP) is 2.48. The summed E-state index contributed by atoms with van der Waals surface area (Å²) in [4.78, 5) is 13.3. The summed E-state index contributed by atoms with van der Waals surface area (Å²) in [5.74, 6) is 0.823. The fourth-order valence-corrected chi connectivity index (χ4v) is 3.17. The number of hydrogen-bond donors (Lipinski definition) is 1. The number of benzene rings is 1. The fraction of sp³-hybridized carbons (Fsp3) is 0.562. The zero-order valence-corrected chi connectivity index (χ0v) is 11.8. The van der Waals surface area contributed by atoms with Crippen LogP contribution in [0.4, 0.5) is 0 Å². The molecule has 0 aromatic heterocycles. The van der Waals surface area contributed by atoms with Gasteiger partial charge < -0.3 is 9.84 Å². The minimum absolute atomic E-state index is 0.137. The van der Waals surface area contributed by atoms with Gasteiger partial charge in [-0.2, -0.15) is 0 Å². The maximum atomic E-state index is 11.1. The van der Waals surface area contributed by atoms with Gasteiger partial charge in [-0.1, -0.05) is 6.07 Å². The van der Waals surface area contributed by atoms with E-state index < -0.39 is 5.97 Å². The van der Waals surface area contributed by atoms with Crippen molar-refractivity contribution in [3.8, 4) is 5.75 Å². The molecule has 4 heteroatoms. The van der Waals surface area contributed by atoms with Crippen molar-refractivity contribution in [3.05, 3.63) is 29.3 Å². The molecule has 2 aliphatic rings. The van der Waals surface area contributed by atoms with Crippen LogP contribution >= 0.6 is 0 Å². The van der Waals surface area contributed by atoms with E-state index in [9.17, 15) is 4.79 Å². The minimum atomic E-state index is -0.734. The standard InChI is InChI=1S/C16H21NO3/c1-20-13-6-4-12-5-7-15(14(12)8-13)17(10-16(18)19)9-11-2-3-11/h4,6,8,11,15H,2-3,5,7,9-10H2,1H3,(H,18,19). The first-order chi connectivity index (χ1) is 9.67. The van der Waals surface area contributed by atoms with Crippen LogP contribution in [-0.2, 0) is 11.2 Å². The van der Waals surface area contributed by atoms with E-state index in [0.29, 0.717) is 5.92 Å². The van der Waals surface area contributed by atoms with Crippen LogP contribution < -0.4 is 4.74 Å². The second-order valence-corrected chi connectivity index (χ2v) is 5.89. The molecular weight excluding hydrogens is 254 g/mol. The molecule has 1 unspecified atom stereocenters. The maximum Gasteiger partial charge on any atom is 0.317 e. The van der Waals surface area contributed by atoms with E-state index in [2.05, 4.69) is 17.0 Å². The largest absolute Gasteiger partial charge is 0.497 e. The highest BCUT2D eigenvalue weighted by molar-refractivity contribution is 5.69. The van der Waals surface area contributed by atoms with E-state index in [-0.39, 0.29) is 12.6 Å². The summed E-state index contributed by atoms with van der Waals surface area (Å²) in [5, 5.41) is 9.16. The Morgan fingerprint density at radius 2 is 2.20 bits per heavy atom. The quantitative estimate of drug-likeness (QED) is 0.866. The van der Waals surface area contributed by atoms with Crippen molar-refractivity contribution in [2.24, 2.45) is 5.92 Å². The summed E-state index contributed by atoms with van der Waals surface area (Å²) in [6.45, 7) is 1.05. The molecule has 0 aliphatic heterocycles. The summed E-state index contributed by atoms with van der Waals surface area (Å²) in [7, 11) is 1.67. The van der Waals surface area contributed by atoms with Gasteiger partial charge in [-0.15, -0.1) is 0 Å². The van der Waals surface area contributed by atoms with E-state index in [4.69, 9.17) is 9.84 Å². The van der Waals surface area contributed by atoms with Gasteiger partial charge in [0.1, 0.15) is 5.75 Å². The molecule has 1 atom stereocenters. The summed E-state index contributed by atoms with van der Waals surface area (Å²) < 4.78 is 5.31. The molecule has 0 saturated heterocycles. The molecule has 20 heavy (non-hydrogen) atoms. The third-order valence-electron chi connectivity index (χ3n) is 4.37. The smallest absolute Gasteiger partial charge is 0.317 e. The lowest BCUT2D eigenvalue weighted by molar-refractivity contribution is -0.139. The van der Waals surface area contributed by atoms with Crippen molar-refractivity contribution >= 4 is 5.97 Å². The van der Waals surface area contributed by atoms with E-state index >= 15 is 0 Å². The lowest BCUT2D eigenvalue weighted by atomic mass is 10.1. The average Bonchev–Trinajstić information content (AvgIpc) is 3.14. The third-order valence-corrected chi connectivity index (χ3v) is 4.37. The van der Waals surface area contributed by atoms with Crippen LogP contribution in [0.3, 0.4) is 0 Å². The van der Waals surface area contributed by atoms with Crippen molar-refractivity contribution in [2.45, 2.75) is 31.7 Å². The Labute approximate surface area is 119 Å².